The Morgan fingerprint density at radius 2 is 2.41 bits per heavy atom. The fourth-order valence-electron chi connectivity index (χ4n) is 3.40. The molecular weight excluding hydrogens is 218 g/mol. The van der Waals surface area contributed by atoms with Crippen molar-refractivity contribution in [1.29, 1.82) is 0 Å². The van der Waals surface area contributed by atoms with E-state index >= 15 is 0 Å². The van der Waals surface area contributed by atoms with Crippen molar-refractivity contribution in [1.82, 2.24) is 10.2 Å². The Bertz CT molecular complexity index is 389. The van der Waals surface area contributed by atoms with Crippen molar-refractivity contribution in [2.24, 2.45) is 4.99 Å². The summed E-state index contributed by atoms with van der Waals surface area (Å²) in [4.78, 5) is 16.2. The number of fused-ring (bicyclic) bond motifs is 2. The van der Waals surface area contributed by atoms with Crippen molar-refractivity contribution in [2.75, 3.05) is 0 Å². The zero-order valence-electron chi connectivity index (χ0n) is 9.59. The first-order valence-electron chi connectivity index (χ1n) is 6.13. The van der Waals surface area contributed by atoms with Gasteiger partial charge in [-0.15, -0.1) is 0 Å². The molecule has 0 aliphatic carbocycles. The van der Waals surface area contributed by atoms with E-state index in [1.54, 1.807) is 6.20 Å². The van der Waals surface area contributed by atoms with Crippen molar-refractivity contribution in [3.63, 3.8) is 0 Å². The first-order chi connectivity index (χ1) is 8.21. The maximum absolute atomic E-state index is 11.2. The number of carboxylic acid groups (broad SMARTS) is 1. The van der Waals surface area contributed by atoms with Gasteiger partial charge in [0.2, 0.25) is 0 Å². The Balaban J connectivity index is 1.89. The van der Waals surface area contributed by atoms with E-state index in [9.17, 15) is 9.90 Å². The van der Waals surface area contributed by atoms with E-state index in [-0.39, 0.29) is 11.6 Å². The van der Waals surface area contributed by atoms with Crippen LogP contribution in [-0.2, 0) is 0 Å². The number of hydrogen-bond donors (Lipinski definition) is 2. The van der Waals surface area contributed by atoms with Crippen molar-refractivity contribution in [3.05, 3.63) is 12.3 Å². The summed E-state index contributed by atoms with van der Waals surface area (Å²) in [6, 6.07) is 0.398. The van der Waals surface area contributed by atoms with E-state index < -0.39 is 6.09 Å². The second-order valence-corrected chi connectivity index (χ2v) is 5.10. The van der Waals surface area contributed by atoms with Crippen LogP contribution in [0, 0.1) is 0 Å². The summed E-state index contributed by atoms with van der Waals surface area (Å²) in [6.45, 7) is 0. The molecule has 3 aliphatic heterocycles. The normalized spacial score (nSPS) is 39.6. The maximum atomic E-state index is 11.2. The van der Waals surface area contributed by atoms with Gasteiger partial charge in [-0.2, -0.15) is 0 Å². The van der Waals surface area contributed by atoms with Gasteiger partial charge in [-0.05, 0) is 38.2 Å². The third kappa shape index (κ3) is 1.65. The van der Waals surface area contributed by atoms with Gasteiger partial charge < -0.3 is 10.4 Å². The lowest BCUT2D eigenvalue weighted by Gasteiger charge is -2.43. The predicted molar refractivity (Wildman–Crippen MR) is 63.0 cm³/mol. The molecule has 0 saturated carbocycles. The van der Waals surface area contributed by atoms with E-state index in [2.05, 4.69) is 16.6 Å². The molecule has 3 unspecified atom stereocenters. The Morgan fingerprint density at radius 3 is 3.24 bits per heavy atom. The summed E-state index contributed by atoms with van der Waals surface area (Å²) < 4.78 is 0. The van der Waals surface area contributed by atoms with E-state index in [1.807, 2.05) is 6.08 Å². The van der Waals surface area contributed by atoms with Gasteiger partial charge in [-0.25, -0.2) is 14.7 Å². The van der Waals surface area contributed by atoms with Gasteiger partial charge in [-0.1, -0.05) is 0 Å². The summed E-state index contributed by atoms with van der Waals surface area (Å²) in [7, 11) is 0. The number of nitrogens with one attached hydrogen (secondary N) is 1. The zero-order chi connectivity index (χ0) is 11.9. The molecule has 3 atom stereocenters. The molecule has 2 fully saturated rings. The fraction of sp³-hybridized carbons (Fsp3) is 0.667. The predicted octanol–water partition coefficient (Wildman–Crippen LogP) is 1.44. The lowest BCUT2D eigenvalue weighted by atomic mass is 9.82. The van der Waals surface area contributed by atoms with Crippen LogP contribution in [0.4, 0.5) is 4.79 Å². The number of carbonyl (C=O) groups is 1. The van der Waals surface area contributed by atoms with Crippen LogP contribution in [0.3, 0.4) is 0 Å². The average molecular weight is 234 g/mol. The van der Waals surface area contributed by atoms with Crippen LogP contribution in [0.25, 0.3) is 0 Å². The van der Waals surface area contributed by atoms with Crippen LogP contribution >= 0.6 is 0 Å². The maximum Gasteiger partial charge on any atom is 0.413 e. The molecule has 1 radical (unpaired) electrons. The molecule has 2 N–H and O–H groups in total. The summed E-state index contributed by atoms with van der Waals surface area (Å²) in [5.74, 6) is 0. The Hall–Kier alpha value is -1.36. The highest BCUT2D eigenvalue weighted by molar-refractivity contribution is 5.83. The third-order valence-corrected chi connectivity index (χ3v) is 4.16. The number of nitrogens with zero attached hydrogens (tertiary/aromatic N) is 2. The van der Waals surface area contributed by atoms with Gasteiger partial charge >= 0.3 is 6.09 Å². The molecule has 3 aliphatic rings. The molecular formula is C12H16N3O2. The molecule has 0 aromatic carbocycles. The van der Waals surface area contributed by atoms with Crippen LogP contribution in [0.5, 0.6) is 0 Å². The monoisotopic (exact) mass is 234 g/mol. The molecule has 0 aromatic rings. The molecule has 5 nitrogen and oxygen atoms in total. The minimum atomic E-state index is -0.978. The lowest BCUT2D eigenvalue weighted by molar-refractivity contribution is 0.130. The minimum absolute atomic E-state index is 0.0965. The second-order valence-electron chi connectivity index (χ2n) is 5.10. The molecule has 91 valence electrons. The van der Waals surface area contributed by atoms with Gasteiger partial charge in [0.25, 0.3) is 0 Å². The number of hydrogen-bond acceptors (Lipinski definition) is 3. The molecule has 5 heteroatoms. The fourth-order valence-corrected chi connectivity index (χ4v) is 3.40. The Labute approximate surface area is 100 Å². The van der Waals surface area contributed by atoms with Gasteiger partial charge in [0.1, 0.15) is 0 Å². The Morgan fingerprint density at radius 1 is 1.53 bits per heavy atom. The highest BCUT2D eigenvalue weighted by Crippen LogP contribution is 2.40. The number of aliphatic imine (C=N–C) groups is 1. The summed E-state index contributed by atoms with van der Waals surface area (Å²) >= 11 is 0. The largest absolute Gasteiger partial charge is 0.465 e. The standard InChI is InChI=1S/C12H16N3O2/c16-11(17)15-8-13-7-4-10(15)12-5-1-2-9(14-12)3-6-12/h4,7,9-10,14H,1-3,5-6H2,(H,16,17). The smallest absolute Gasteiger partial charge is 0.413 e. The van der Waals surface area contributed by atoms with Gasteiger partial charge in [0, 0.05) is 17.8 Å². The molecule has 3 rings (SSSR count). The van der Waals surface area contributed by atoms with Crippen LogP contribution < -0.4 is 5.32 Å². The van der Waals surface area contributed by atoms with Gasteiger partial charge in [0.15, 0.2) is 6.34 Å². The highest BCUT2D eigenvalue weighted by atomic mass is 16.4. The highest BCUT2D eigenvalue weighted by Gasteiger charge is 2.49. The van der Waals surface area contributed by atoms with E-state index in [1.165, 1.54) is 17.7 Å². The number of rotatable bonds is 1. The molecule has 3 heterocycles. The van der Waals surface area contributed by atoms with Crippen molar-refractivity contribution in [3.8, 4) is 0 Å². The molecule has 0 aromatic heterocycles. The van der Waals surface area contributed by atoms with Crippen LogP contribution in [-0.4, -0.2) is 40.1 Å². The zero-order valence-corrected chi connectivity index (χ0v) is 9.59. The van der Waals surface area contributed by atoms with Crippen LogP contribution in [0.1, 0.15) is 32.1 Å². The summed E-state index contributed by atoms with van der Waals surface area (Å²) in [6.07, 6.45) is 10.7. The molecule has 17 heavy (non-hydrogen) atoms. The van der Waals surface area contributed by atoms with Crippen molar-refractivity contribution < 1.29 is 9.90 Å². The molecule has 1 amide bonds. The quantitative estimate of drug-likeness (QED) is 0.721. The number of amides is 1. The van der Waals surface area contributed by atoms with Gasteiger partial charge in [0.05, 0.1) is 6.04 Å². The van der Waals surface area contributed by atoms with E-state index in [4.69, 9.17) is 0 Å². The lowest BCUT2D eigenvalue weighted by Crippen LogP contribution is -2.61. The van der Waals surface area contributed by atoms with E-state index in [0.717, 1.165) is 19.3 Å². The summed E-state index contributed by atoms with van der Waals surface area (Å²) in [5.41, 5.74) is -0.0965. The first-order valence-corrected chi connectivity index (χ1v) is 6.13. The Kier molecular flexibility index (Phi) is 2.43. The third-order valence-electron chi connectivity index (χ3n) is 4.16. The minimum Gasteiger partial charge on any atom is -0.465 e. The molecule has 2 bridgehead atoms. The number of piperidine rings is 1. The van der Waals surface area contributed by atoms with Crippen LogP contribution in [0.2, 0.25) is 0 Å². The van der Waals surface area contributed by atoms with Crippen molar-refractivity contribution in [2.45, 2.75) is 49.7 Å². The van der Waals surface area contributed by atoms with E-state index in [0.29, 0.717) is 6.04 Å². The second kappa shape index (κ2) is 3.84. The first kappa shape index (κ1) is 10.8. The van der Waals surface area contributed by atoms with Crippen LogP contribution in [0.15, 0.2) is 17.3 Å². The van der Waals surface area contributed by atoms with Gasteiger partial charge in [-0.3, -0.25) is 0 Å². The molecule has 0 spiro atoms. The topological polar surface area (TPSA) is 64.9 Å². The van der Waals surface area contributed by atoms with Crippen molar-refractivity contribution >= 4 is 12.4 Å². The molecule has 2 saturated heterocycles. The average Bonchev–Trinajstić information content (AvgIpc) is 2.66. The summed E-state index contributed by atoms with van der Waals surface area (Å²) in [5, 5.41) is 12.8. The SMILES string of the molecule is O=C(O)N1[C]=NC=CC1C12CCCC(CC1)N2.